The molecule has 4 heteroatoms. The normalized spacial score (nSPS) is 10.6. The minimum atomic E-state index is -0.363. The predicted octanol–water partition coefficient (Wildman–Crippen LogP) is 2.64. The summed E-state index contributed by atoms with van der Waals surface area (Å²) in [5.41, 5.74) is 1.88. The fourth-order valence-electron chi connectivity index (χ4n) is 1.64. The summed E-state index contributed by atoms with van der Waals surface area (Å²) in [5.74, 6) is 0. The minimum Gasteiger partial charge on any atom is -0.355 e. The molecule has 2 aromatic rings. The Morgan fingerprint density at radius 3 is 2.93 bits per heavy atom. The van der Waals surface area contributed by atoms with Crippen molar-refractivity contribution in [2.45, 2.75) is 13.3 Å². The fraction of sp³-hybridized carbons (Fsp3) is 0.200. The van der Waals surface area contributed by atoms with Gasteiger partial charge >= 0.3 is 0 Å². The molecule has 1 aromatic heterocycles. The fourth-order valence-corrected chi connectivity index (χ4v) is 1.64. The van der Waals surface area contributed by atoms with Crippen molar-refractivity contribution < 1.29 is 4.92 Å². The number of para-hydroxylation sites is 1. The van der Waals surface area contributed by atoms with Crippen LogP contribution >= 0.6 is 0 Å². The van der Waals surface area contributed by atoms with Crippen LogP contribution in [0.15, 0.2) is 24.4 Å². The molecule has 0 unspecified atom stereocenters. The van der Waals surface area contributed by atoms with Crippen LogP contribution < -0.4 is 0 Å². The predicted molar refractivity (Wildman–Crippen MR) is 54.3 cm³/mol. The van der Waals surface area contributed by atoms with Crippen molar-refractivity contribution in [1.82, 2.24) is 4.98 Å². The third-order valence-electron chi connectivity index (χ3n) is 2.36. The van der Waals surface area contributed by atoms with E-state index in [-0.39, 0.29) is 10.6 Å². The molecule has 0 aliphatic carbocycles. The number of aromatic nitrogens is 1. The van der Waals surface area contributed by atoms with Gasteiger partial charge in [0, 0.05) is 17.6 Å². The molecule has 0 spiro atoms. The molecule has 14 heavy (non-hydrogen) atoms. The van der Waals surface area contributed by atoms with Crippen LogP contribution in [0.3, 0.4) is 0 Å². The highest BCUT2D eigenvalue weighted by Crippen LogP contribution is 2.26. The molecule has 1 aromatic carbocycles. The van der Waals surface area contributed by atoms with Gasteiger partial charge in [-0.2, -0.15) is 0 Å². The van der Waals surface area contributed by atoms with Gasteiger partial charge in [-0.15, -0.1) is 0 Å². The maximum Gasteiger partial charge on any atom is 0.293 e. The van der Waals surface area contributed by atoms with E-state index in [1.165, 1.54) is 6.07 Å². The average molecular weight is 190 g/mol. The Balaban J connectivity index is 2.76. The van der Waals surface area contributed by atoms with E-state index in [2.05, 4.69) is 4.98 Å². The number of aryl methyl sites for hydroxylation is 1. The van der Waals surface area contributed by atoms with Gasteiger partial charge in [-0.1, -0.05) is 19.1 Å². The molecule has 2 rings (SSSR count). The molecule has 0 aliphatic rings. The molecule has 4 nitrogen and oxygen atoms in total. The molecule has 0 aliphatic heterocycles. The van der Waals surface area contributed by atoms with Gasteiger partial charge < -0.3 is 4.98 Å². The van der Waals surface area contributed by atoms with E-state index in [1.54, 1.807) is 6.07 Å². The quantitative estimate of drug-likeness (QED) is 0.584. The summed E-state index contributed by atoms with van der Waals surface area (Å²) in [6, 6.07) is 5.13. The van der Waals surface area contributed by atoms with Gasteiger partial charge in [0.2, 0.25) is 0 Å². The number of nitro benzene ring substituents is 1. The average Bonchev–Trinajstić information content (AvgIpc) is 2.59. The highest BCUT2D eigenvalue weighted by molar-refractivity contribution is 5.90. The number of benzene rings is 1. The standard InChI is InChI=1S/C10H10N2O2/c1-2-7-6-11-10-8(7)4-3-5-9(10)12(13)14/h3-6,11H,2H2,1H3. The number of non-ortho nitro benzene ring substituents is 1. The highest BCUT2D eigenvalue weighted by Gasteiger charge is 2.13. The van der Waals surface area contributed by atoms with Crippen LogP contribution in [0.1, 0.15) is 12.5 Å². The van der Waals surface area contributed by atoms with E-state index in [0.29, 0.717) is 5.52 Å². The second-order valence-corrected chi connectivity index (χ2v) is 3.12. The van der Waals surface area contributed by atoms with E-state index in [9.17, 15) is 10.1 Å². The lowest BCUT2D eigenvalue weighted by Gasteiger charge is -1.94. The third-order valence-corrected chi connectivity index (χ3v) is 2.36. The van der Waals surface area contributed by atoms with Gasteiger partial charge in [0.05, 0.1) is 4.92 Å². The summed E-state index contributed by atoms with van der Waals surface area (Å²) in [4.78, 5) is 13.3. The zero-order valence-corrected chi connectivity index (χ0v) is 7.78. The summed E-state index contributed by atoms with van der Waals surface area (Å²) in [6.07, 6.45) is 2.71. The van der Waals surface area contributed by atoms with Crippen molar-refractivity contribution in [3.05, 3.63) is 40.1 Å². The smallest absolute Gasteiger partial charge is 0.293 e. The molecule has 0 radical (unpaired) electrons. The maximum absolute atomic E-state index is 10.7. The molecule has 72 valence electrons. The van der Waals surface area contributed by atoms with Crippen LogP contribution in [0.25, 0.3) is 10.9 Å². The van der Waals surface area contributed by atoms with E-state index in [0.717, 1.165) is 17.4 Å². The Hall–Kier alpha value is -1.84. The van der Waals surface area contributed by atoms with Crippen LogP contribution in [0, 0.1) is 10.1 Å². The van der Waals surface area contributed by atoms with Crippen molar-refractivity contribution >= 4 is 16.6 Å². The minimum absolute atomic E-state index is 0.141. The first-order valence-electron chi connectivity index (χ1n) is 4.47. The van der Waals surface area contributed by atoms with Gasteiger partial charge in [0.1, 0.15) is 5.52 Å². The van der Waals surface area contributed by atoms with Crippen molar-refractivity contribution in [1.29, 1.82) is 0 Å². The van der Waals surface area contributed by atoms with Crippen LogP contribution in [-0.2, 0) is 6.42 Å². The number of H-pyrrole nitrogens is 1. The van der Waals surface area contributed by atoms with Gasteiger partial charge in [0.25, 0.3) is 5.69 Å². The number of rotatable bonds is 2. The zero-order chi connectivity index (χ0) is 10.1. The van der Waals surface area contributed by atoms with Crippen molar-refractivity contribution in [2.24, 2.45) is 0 Å². The first kappa shape index (κ1) is 8.74. The van der Waals surface area contributed by atoms with E-state index in [4.69, 9.17) is 0 Å². The van der Waals surface area contributed by atoms with Crippen molar-refractivity contribution in [3.63, 3.8) is 0 Å². The first-order valence-corrected chi connectivity index (χ1v) is 4.47. The van der Waals surface area contributed by atoms with E-state index in [1.807, 2.05) is 19.2 Å². The van der Waals surface area contributed by atoms with Gasteiger partial charge in [-0.3, -0.25) is 10.1 Å². The number of hydrogen-bond acceptors (Lipinski definition) is 2. The molecular weight excluding hydrogens is 180 g/mol. The lowest BCUT2D eigenvalue weighted by molar-refractivity contribution is -0.383. The van der Waals surface area contributed by atoms with E-state index < -0.39 is 0 Å². The van der Waals surface area contributed by atoms with Crippen LogP contribution in [0.5, 0.6) is 0 Å². The first-order chi connectivity index (χ1) is 6.74. The van der Waals surface area contributed by atoms with Crippen molar-refractivity contribution in [2.75, 3.05) is 0 Å². The SMILES string of the molecule is CCc1c[nH]c2c([N+](=O)[O-])cccc12. The van der Waals surface area contributed by atoms with Gasteiger partial charge in [-0.05, 0) is 12.0 Å². The highest BCUT2D eigenvalue weighted by atomic mass is 16.6. The monoisotopic (exact) mass is 190 g/mol. The second-order valence-electron chi connectivity index (χ2n) is 3.12. The lowest BCUT2D eigenvalue weighted by atomic mass is 10.1. The Kier molecular flexibility index (Phi) is 1.96. The number of nitrogens with zero attached hydrogens (tertiary/aromatic N) is 1. The molecule has 0 fully saturated rings. The topological polar surface area (TPSA) is 58.9 Å². The lowest BCUT2D eigenvalue weighted by Crippen LogP contribution is -1.88. The summed E-state index contributed by atoms with van der Waals surface area (Å²) >= 11 is 0. The summed E-state index contributed by atoms with van der Waals surface area (Å²) in [6.45, 7) is 2.03. The number of aromatic amines is 1. The molecule has 0 bridgehead atoms. The summed E-state index contributed by atoms with van der Waals surface area (Å²) < 4.78 is 0. The molecular formula is C10H10N2O2. The molecule has 0 saturated carbocycles. The third kappa shape index (κ3) is 1.16. The van der Waals surface area contributed by atoms with Crippen molar-refractivity contribution in [3.8, 4) is 0 Å². The van der Waals surface area contributed by atoms with Crippen LogP contribution in [0.2, 0.25) is 0 Å². The van der Waals surface area contributed by atoms with Gasteiger partial charge in [0.15, 0.2) is 0 Å². The Labute approximate surface area is 80.7 Å². The molecule has 1 N–H and O–H groups in total. The Bertz CT molecular complexity index is 488. The number of fused-ring (bicyclic) bond motifs is 1. The Morgan fingerprint density at radius 1 is 1.50 bits per heavy atom. The number of nitro groups is 1. The second kappa shape index (κ2) is 3.14. The molecule has 0 saturated heterocycles. The largest absolute Gasteiger partial charge is 0.355 e. The number of nitrogens with one attached hydrogen (secondary N) is 1. The van der Waals surface area contributed by atoms with Crippen LogP contribution in [0.4, 0.5) is 5.69 Å². The molecule has 1 heterocycles. The zero-order valence-electron chi connectivity index (χ0n) is 7.78. The summed E-state index contributed by atoms with van der Waals surface area (Å²) in [5, 5.41) is 11.6. The van der Waals surface area contributed by atoms with E-state index >= 15 is 0 Å². The summed E-state index contributed by atoms with van der Waals surface area (Å²) in [7, 11) is 0. The maximum atomic E-state index is 10.7. The molecule has 0 amide bonds. The van der Waals surface area contributed by atoms with Gasteiger partial charge in [-0.25, -0.2) is 0 Å². The van der Waals surface area contributed by atoms with Crippen LogP contribution in [-0.4, -0.2) is 9.91 Å². The number of hydrogen-bond donors (Lipinski definition) is 1. The Morgan fingerprint density at radius 2 is 2.29 bits per heavy atom. The molecule has 0 atom stereocenters.